The van der Waals surface area contributed by atoms with Crippen molar-refractivity contribution in [1.82, 2.24) is 0 Å². The van der Waals surface area contributed by atoms with Crippen LogP contribution in [0.2, 0.25) is 0 Å². The second-order valence-corrected chi connectivity index (χ2v) is 4.05. The van der Waals surface area contributed by atoms with E-state index >= 15 is 0 Å². The highest BCUT2D eigenvalue weighted by Gasteiger charge is 2.06. The predicted octanol–water partition coefficient (Wildman–Crippen LogP) is 2.21. The van der Waals surface area contributed by atoms with Crippen LogP contribution in [0.5, 0.6) is 0 Å². The van der Waals surface area contributed by atoms with Crippen LogP contribution >= 0.6 is 0 Å². The van der Waals surface area contributed by atoms with Gasteiger partial charge in [0.25, 0.3) is 0 Å². The van der Waals surface area contributed by atoms with Crippen molar-refractivity contribution in [2.75, 3.05) is 13.2 Å². The van der Waals surface area contributed by atoms with Crippen molar-refractivity contribution < 1.29 is 4.74 Å². The number of benzene rings is 1. The third-order valence-electron chi connectivity index (χ3n) is 2.52. The van der Waals surface area contributed by atoms with E-state index in [4.69, 9.17) is 10.5 Å². The Balaban J connectivity index is 2.56. The number of hydrogen-bond acceptors (Lipinski definition) is 2. The van der Waals surface area contributed by atoms with Crippen LogP contribution in [0.1, 0.15) is 23.6 Å². The van der Waals surface area contributed by atoms with Gasteiger partial charge in [-0.2, -0.15) is 0 Å². The first kappa shape index (κ1) is 12.2. The largest absolute Gasteiger partial charge is 0.380 e. The van der Waals surface area contributed by atoms with Crippen LogP contribution in [0.25, 0.3) is 0 Å². The van der Waals surface area contributed by atoms with Gasteiger partial charge in [0.2, 0.25) is 0 Å². The molecule has 84 valence electrons. The van der Waals surface area contributed by atoms with Crippen molar-refractivity contribution in [2.45, 2.75) is 33.2 Å². The van der Waals surface area contributed by atoms with Crippen LogP contribution in [0, 0.1) is 13.8 Å². The molecule has 1 aromatic rings. The number of rotatable bonds is 5. The predicted molar refractivity (Wildman–Crippen MR) is 64.1 cm³/mol. The van der Waals surface area contributed by atoms with Gasteiger partial charge in [0.1, 0.15) is 0 Å². The lowest BCUT2D eigenvalue weighted by Crippen LogP contribution is -2.28. The Bertz CT molecular complexity index is 309. The SMILES string of the molecule is CCOCC(N)Cc1ccc(C)cc1C. The fourth-order valence-electron chi connectivity index (χ4n) is 1.69. The van der Waals surface area contributed by atoms with Crippen molar-refractivity contribution in [3.8, 4) is 0 Å². The summed E-state index contributed by atoms with van der Waals surface area (Å²) in [5, 5.41) is 0. The summed E-state index contributed by atoms with van der Waals surface area (Å²) >= 11 is 0. The first-order valence-corrected chi connectivity index (χ1v) is 5.53. The standard InChI is InChI=1S/C13H21NO/c1-4-15-9-13(14)8-12-6-5-10(2)7-11(12)3/h5-7,13H,4,8-9,14H2,1-3H3. The van der Waals surface area contributed by atoms with Gasteiger partial charge in [0.05, 0.1) is 6.61 Å². The summed E-state index contributed by atoms with van der Waals surface area (Å²) in [5.41, 5.74) is 9.92. The van der Waals surface area contributed by atoms with Crippen LogP contribution in [-0.2, 0) is 11.2 Å². The van der Waals surface area contributed by atoms with E-state index in [-0.39, 0.29) is 6.04 Å². The quantitative estimate of drug-likeness (QED) is 0.803. The van der Waals surface area contributed by atoms with Gasteiger partial charge in [-0.25, -0.2) is 0 Å². The van der Waals surface area contributed by atoms with E-state index in [2.05, 4.69) is 32.0 Å². The molecule has 2 N–H and O–H groups in total. The molecule has 0 saturated heterocycles. The van der Waals surface area contributed by atoms with Gasteiger partial charge in [-0.1, -0.05) is 23.8 Å². The van der Waals surface area contributed by atoms with Gasteiger partial charge >= 0.3 is 0 Å². The molecule has 15 heavy (non-hydrogen) atoms. The molecule has 1 atom stereocenters. The highest BCUT2D eigenvalue weighted by Crippen LogP contribution is 2.12. The molecule has 2 heteroatoms. The summed E-state index contributed by atoms with van der Waals surface area (Å²) in [7, 11) is 0. The van der Waals surface area contributed by atoms with Crippen molar-refractivity contribution in [2.24, 2.45) is 5.73 Å². The van der Waals surface area contributed by atoms with Crippen molar-refractivity contribution in [3.05, 3.63) is 34.9 Å². The molecule has 2 nitrogen and oxygen atoms in total. The van der Waals surface area contributed by atoms with Crippen LogP contribution < -0.4 is 5.73 Å². The van der Waals surface area contributed by atoms with E-state index in [0.717, 1.165) is 13.0 Å². The lowest BCUT2D eigenvalue weighted by atomic mass is 10.00. The van der Waals surface area contributed by atoms with Crippen LogP contribution in [-0.4, -0.2) is 19.3 Å². The molecule has 1 aromatic carbocycles. The molecule has 0 spiro atoms. The zero-order chi connectivity index (χ0) is 11.3. The third-order valence-corrected chi connectivity index (χ3v) is 2.52. The lowest BCUT2D eigenvalue weighted by Gasteiger charge is -2.13. The molecule has 0 radical (unpaired) electrons. The summed E-state index contributed by atoms with van der Waals surface area (Å²) in [4.78, 5) is 0. The third kappa shape index (κ3) is 4.02. The van der Waals surface area contributed by atoms with Crippen molar-refractivity contribution >= 4 is 0 Å². The highest BCUT2D eigenvalue weighted by atomic mass is 16.5. The Morgan fingerprint density at radius 3 is 2.67 bits per heavy atom. The average Bonchev–Trinajstić information content (AvgIpc) is 2.19. The summed E-state index contributed by atoms with van der Waals surface area (Å²) in [6, 6.07) is 6.60. The molecular weight excluding hydrogens is 186 g/mol. The molecule has 0 heterocycles. The summed E-state index contributed by atoms with van der Waals surface area (Å²) in [6.07, 6.45) is 0.895. The summed E-state index contributed by atoms with van der Waals surface area (Å²) < 4.78 is 5.31. The minimum Gasteiger partial charge on any atom is -0.380 e. The molecule has 0 aromatic heterocycles. The fraction of sp³-hybridized carbons (Fsp3) is 0.538. The van der Waals surface area contributed by atoms with E-state index < -0.39 is 0 Å². The van der Waals surface area contributed by atoms with E-state index in [1.165, 1.54) is 16.7 Å². The van der Waals surface area contributed by atoms with Gasteiger partial charge in [-0.05, 0) is 38.3 Å². The molecule has 0 aliphatic carbocycles. The Labute approximate surface area is 92.4 Å². The maximum atomic E-state index is 5.97. The van der Waals surface area contributed by atoms with Gasteiger partial charge in [-0.3, -0.25) is 0 Å². The second kappa shape index (κ2) is 5.89. The normalized spacial score (nSPS) is 12.8. The van der Waals surface area contributed by atoms with Gasteiger partial charge < -0.3 is 10.5 Å². The Hall–Kier alpha value is -0.860. The number of nitrogens with two attached hydrogens (primary N) is 1. The molecule has 0 bridgehead atoms. The van der Waals surface area contributed by atoms with Crippen LogP contribution in [0.15, 0.2) is 18.2 Å². The topological polar surface area (TPSA) is 35.2 Å². The molecular formula is C13H21NO. The highest BCUT2D eigenvalue weighted by molar-refractivity contribution is 5.30. The van der Waals surface area contributed by atoms with Crippen LogP contribution in [0.4, 0.5) is 0 Å². The number of hydrogen-bond donors (Lipinski definition) is 1. The van der Waals surface area contributed by atoms with Crippen molar-refractivity contribution in [3.63, 3.8) is 0 Å². The molecule has 0 aliphatic heterocycles. The fourth-order valence-corrected chi connectivity index (χ4v) is 1.69. The van der Waals surface area contributed by atoms with Crippen LogP contribution in [0.3, 0.4) is 0 Å². The molecule has 0 amide bonds. The first-order chi connectivity index (χ1) is 7.13. The second-order valence-electron chi connectivity index (χ2n) is 4.05. The first-order valence-electron chi connectivity index (χ1n) is 5.53. The zero-order valence-electron chi connectivity index (χ0n) is 9.92. The van der Waals surface area contributed by atoms with E-state index in [1.54, 1.807) is 0 Å². The van der Waals surface area contributed by atoms with Gasteiger partial charge in [0.15, 0.2) is 0 Å². The minimum absolute atomic E-state index is 0.103. The molecule has 0 saturated carbocycles. The Morgan fingerprint density at radius 1 is 1.33 bits per heavy atom. The average molecular weight is 207 g/mol. The van der Waals surface area contributed by atoms with E-state index in [0.29, 0.717) is 6.61 Å². The monoisotopic (exact) mass is 207 g/mol. The zero-order valence-corrected chi connectivity index (χ0v) is 9.92. The van der Waals surface area contributed by atoms with E-state index in [9.17, 15) is 0 Å². The summed E-state index contributed by atoms with van der Waals surface area (Å²) in [5.74, 6) is 0. The van der Waals surface area contributed by atoms with E-state index in [1.807, 2.05) is 6.92 Å². The minimum atomic E-state index is 0.103. The lowest BCUT2D eigenvalue weighted by molar-refractivity contribution is 0.133. The van der Waals surface area contributed by atoms with Gasteiger partial charge in [-0.15, -0.1) is 0 Å². The summed E-state index contributed by atoms with van der Waals surface area (Å²) in [6.45, 7) is 7.61. The maximum Gasteiger partial charge on any atom is 0.0620 e. The van der Waals surface area contributed by atoms with Gasteiger partial charge in [0, 0.05) is 12.6 Å². The van der Waals surface area contributed by atoms with Crippen molar-refractivity contribution in [1.29, 1.82) is 0 Å². The maximum absolute atomic E-state index is 5.97. The number of ether oxygens (including phenoxy) is 1. The smallest absolute Gasteiger partial charge is 0.0620 e. The Kier molecular flexibility index (Phi) is 4.79. The molecule has 1 rings (SSSR count). The number of aryl methyl sites for hydroxylation is 2. The molecule has 0 aliphatic rings. The molecule has 0 fully saturated rings. The molecule has 1 unspecified atom stereocenters. The Morgan fingerprint density at radius 2 is 2.07 bits per heavy atom.